The van der Waals surface area contributed by atoms with Crippen LogP contribution in [0.3, 0.4) is 0 Å². The van der Waals surface area contributed by atoms with Gasteiger partial charge in [-0.05, 0) is 49.4 Å². The van der Waals surface area contributed by atoms with Crippen LogP contribution < -0.4 is 5.32 Å². The molecule has 1 aliphatic carbocycles. The molecule has 1 aromatic rings. The fourth-order valence-corrected chi connectivity index (χ4v) is 2.68. The molecule has 1 fully saturated rings. The summed E-state index contributed by atoms with van der Waals surface area (Å²) >= 11 is 0. The maximum Gasteiger partial charge on any atom is 0.141 e. The number of halogens is 1. The van der Waals surface area contributed by atoms with Gasteiger partial charge >= 0.3 is 0 Å². The molecular formula is C13H19FN2. The third-order valence-electron chi connectivity index (χ3n) is 3.47. The van der Waals surface area contributed by atoms with E-state index in [9.17, 15) is 4.39 Å². The van der Waals surface area contributed by atoms with Crippen LogP contribution in [-0.2, 0) is 0 Å². The SMILES string of the molecule is CCNCC1CCCC1c1cncc(F)c1. The molecule has 1 N–H and O–H groups in total. The molecule has 2 unspecified atom stereocenters. The number of hydrogen-bond donors (Lipinski definition) is 1. The first-order valence-electron chi connectivity index (χ1n) is 6.12. The van der Waals surface area contributed by atoms with Crippen LogP contribution in [0.15, 0.2) is 18.5 Å². The summed E-state index contributed by atoms with van der Waals surface area (Å²) in [4.78, 5) is 3.95. The third-order valence-corrected chi connectivity index (χ3v) is 3.47. The maximum atomic E-state index is 13.1. The van der Waals surface area contributed by atoms with E-state index in [1.165, 1.54) is 25.5 Å². The predicted molar refractivity (Wildman–Crippen MR) is 62.8 cm³/mol. The largest absolute Gasteiger partial charge is 0.317 e. The first kappa shape index (κ1) is 11.5. The molecule has 0 bridgehead atoms. The van der Waals surface area contributed by atoms with E-state index in [-0.39, 0.29) is 5.82 Å². The van der Waals surface area contributed by atoms with Crippen molar-refractivity contribution in [1.29, 1.82) is 0 Å². The van der Waals surface area contributed by atoms with Crippen molar-refractivity contribution in [2.24, 2.45) is 5.92 Å². The number of nitrogens with one attached hydrogen (secondary N) is 1. The summed E-state index contributed by atoms with van der Waals surface area (Å²) in [6.45, 7) is 4.16. The highest BCUT2D eigenvalue weighted by Crippen LogP contribution is 2.39. The van der Waals surface area contributed by atoms with Crippen molar-refractivity contribution in [2.75, 3.05) is 13.1 Å². The number of pyridine rings is 1. The topological polar surface area (TPSA) is 24.9 Å². The molecule has 1 heterocycles. The zero-order valence-corrected chi connectivity index (χ0v) is 9.75. The van der Waals surface area contributed by atoms with Gasteiger partial charge in [-0.2, -0.15) is 0 Å². The van der Waals surface area contributed by atoms with Gasteiger partial charge in [0.2, 0.25) is 0 Å². The van der Waals surface area contributed by atoms with Gasteiger partial charge in [0.1, 0.15) is 5.82 Å². The van der Waals surface area contributed by atoms with Gasteiger partial charge in [0.15, 0.2) is 0 Å². The molecule has 2 atom stereocenters. The van der Waals surface area contributed by atoms with Crippen molar-refractivity contribution in [3.8, 4) is 0 Å². The molecule has 1 aliphatic rings. The van der Waals surface area contributed by atoms with E-state index in [0.29, 0.717) is 11.8 Å². The fraction of sp³-hybridized carbons (Fsp3) is 0.615. The Morgan fingerprint density at radius 2 is 2.31 bits per heavy atom. The summed E-state index contributed by atoms with van der Waals surface area (Å²) in [6, 6.07) is 1.64. The van der Waals surface area contributed by atoms with E-state index < -0.39 is 0 Å². The minimum atomic E-state index is -0.216. The van der Waals surface area contributed by atoms with E-state index in [0.717, 1.165) is 18.7 Å². The van der Waals surface area contributed by atoms with Crippen molar-refractivity contribution in [1.82, 2.24) is 10.3 Å². The van der Waals surface area contributed by atoms with Crippen molar-refractivity contribution in [2.45, 2.75) is 32.1 Å². The van der Waals surface area contributed by atoms with Crippen LogP contribution in [0.25, 0.3) is 0 Å². The molecular weight excluding hydrogens is 203 g/mol. The lowest BCUT2D eigenvalue weighted by atomic mass is 9.90. The van der Waals surface area contributed by atoms with Crippen molar-refractivity contribution in [3.63, 3.8) is 0 Å². The summed E-state index contributed by atoms with van der Waals surface area (Å²) in [5, 5.41) is 3.39. The lowest BCUT2D eigenvalue weighted by molar-refractivity contribution is 0.448. The molecule has 0 aromatic carbocycles. The lowest BCUT2D eigenvalue weighted by Gasteiger charge is -2.19. The molecule has 88 valence electrons. The third kappa shape index (κ3) is 2.59. The monoisotopic (exact) mass is 222 g/mol. The van der Waals surface area contributed by atoms with Gasteiger partial charge < -0.3 is 5.32 Å². The Balaban J connectivity index is 2.07. The smallest absolute Gasteiger partial charge is 0.141 e. The molecule has 1 saturated carbocycles. The highest BCUT2D eigenvalue weighted by atomic mass is 19.1. The van der Waals surface area contributed by atoms with Gasteiger partial charge in [0.25, 0.3) is 0 Å². The minimum absolute atomic E-state index is 0.216. The Bertz CT molecular complexity index is 340. The molecule has 0 spiro atoms. The normalized spacial score (nSPS) is 24.9. The van der Waals surface area contributed by atoms with Crippen molar-refractivity contribution in [3.05, 3.63) is 29.8 Å². The quantitative estimate of drug-likeness (QED) is 0.847. The Morgan fingerprint density at radius 1 is 1.44 bits per heavy atom. The molecule has 0 radical (unpaired) electrons. The number of aromatic nitrogens is 1. The minimum Gasteiger partial charge on any atom is -0.317 e. The van der Waals surface area contributed by atoms with Gasteiger partial charge in [-0.3, -0.25) is 4.98 Å². The Labute approximate surface area is 96.3 Å². The van der Waals surface area contributed by atoms with Crippen LogP contribution >= 0.6 is 0 Å². The molecule has 3 heteroatoms. The Kier molecular flexibility index (Phi) is 3.88. The highest BCUT2D eigenvalue weighted by Gasteiger charge is 2.28. The van der Waals surface area contributed by atoms with E-state index in [4.69, 9.17) is 0 Å². The summed E-state index contributed by atoms with van der Waals surface area (Å²) < 4.78 is 13.1. The van der Waals surface area contributed by atoms with Crippen LogP contribution in [-0.4, -0.2) is 18.1 Å². The van der Waals surface area contributed by atoms with E-state index >= 15 is 0 Å². The summed E-state index contributed by atoms with van der Waals surface area (Å²) in [6.07, 6.45) is 6.75. The predicted octanol–water partition coefficient (Wildman–Crippen LogP) is 2.71. The van der Waals surface area contributed by atoms with E-state index in [2.05, 4.69) is 17.2 Å². The van der Waals surface area contributed by atoms with Gasteiger partial charge in [-0.25, -0.2) is 4.39 Å². The summed E-state index contributed by atoms with van der Waals surface area (Å²) in [7, 11) is 0. The Hall–Kier alpha value is -0.960. The first-order chi connectivity index (χ1) is 7.81. The first-order valence-corrected chi connectivity index (χ1v) is 6.12. The van der Waals surface area contributed by atoms with Crippen LogP contribution in [0.5, 0.6) is 0 Å². The van der Waals surface area contributed by atoms with Crippen molar-refractivity contribution < 1.29 is 4.39 Å². The molecule has 0 aliphatic heterocycles. The maximum absolute atomic E-state index is 13.1. The van der Waals surface area contributed by atoms with Crippen LogP contribution in [0.1, 0.15) is 37.7 Å². The summed E-state index contributed by atoms with van der Waals surface area (Å²) in [5.74, 6) is 0.914. The lowest BCUT2D eigenvalue weighted by Crippen LogP contribution is -2.24. The number of nitrogens with zero attached hydrogens (tertiary/aromatic N) is 1. The van der Waals surface area contributed by atoms with Gasteiger partial charge in [0.05, 0.1) is 6.20 Å². The standard InChI is InChI=1S/C13H19FN2/c1-2-15-7-10-4-3-5-13(10)11-6-12(14)9-16-8-11/h6,8-10,13,15H,2-5,7H2,1H3. The van der Waals surface area contributed by atoms with E-state index in [1.807, 2.05) is 6.20 Å². The molecule has 0 amide bonds. The number of rotatable bonds is 4. The van der Waals surface area contributed by atoms with Crippen LogP contribution in [0, 0.1) is 11.7 Å². The van der Waals surface area contributed by atoms with Gasteiger partial charge in [0, 0.05) is 6.20 Å². The van der Waals surface area contributed by atoms with Gasteiger partial charge in [-0.15, -0.1) is 0 Å². The fourth-order valence-electron chi connectivity index (χ4n) is 2.68. The molecule has 16 heavy (non-hydrogen) atoms. The van der Waals surface area contributed by atoms with Gasteiger partial charge in [-0.1, -0.05) is 13.3 Å². The zero-order valence-electron chi connectivity index (χ0n) is 9.75. The second kappa shape index (κ2) is 5.39. The number of hydrogen-bond acceptors (Lipinski definition) is 2. The molecule has 2 nitrogen and oxygen atoms in total. The zero-order chi connectivity index (χ0) is 11.4. The summed E-state index contributed by atoms with van der Waals surface area (Å²) in [5.41, 5.74) is 1.07. The Morgan fingerprint density at radius 3 is 3.06 bits per heavy atom. The molecule has 0 saturated heterocycles. The average Bonchev–Trinajstić information content (AvgIpc) is 2.74. The highest BCUT2D eigenvalue weighted by molar-refractivity contribution is 5.18. The second-order valence-corrected chi connectivity index (χ2v) is 4.54. The molecule has 1 aromatic heterocycles. The average molecular weight is 222 g/mol. The van der Waals surface area contributed by atoms with Crippen LogP contribution in [0.2, 0.25) is 0 Å². The van der Waals surface area contributed by atoms with Crippen LogP contribution in [0.4, 0.5) is 4.39 Å². The van der Waals surface area contributed by atoms with E-state index in [1.54, 1.807) is 6.07 Å². The second-order valence-electron chi connectivity index (χ2n) is 4.54. The van der Waals surface area contributed by atoms with Crippen molar-refractivity contribution >= 4 is 0 Å². The molecule has 2 rings (SSSR count).